The lowest BCUT2D eigenvalue weighted by molar-refractivity contribution is -0.155. The lowest BCUT2D eigenvalue weighted by Crippen LogP contribution is -2.71. The van der Waals surface area contributed by atoms with E-state index in [1.807, 2.05) is 12.1 Å². The fourth-order valence-electron chi connectivity index (χ4n) is 9.10. The van der Waals surface area contributed by atoms with Crippen LogP contribution < -0.4 is 21.3 Å². The first-order valence-electron chi connectivity index (χ1n) is 26.5. The maximum Gasteiger partial charge on any atom is 0.411 e. The van der Waals surface area contributed by atoms with E-state index in [2.05, 4.69) is 21.3 Å². The second kappa shape index (κ2) is 26.8. The van der Waals surface area contributed by atoms with Crippen LogP contribution in [-0.4, -0.2) is 136 Å². The molecule has 0 saturated carbocycles. The molecule has 0 radical (unpaired) electrons. The molecule has 23 heteroatoms. The van der Waals surface area contributed by atoms with Crippen molar-refractivity contribution < 1.29 is 71.6 Å². The molecular weight excluding hydrogens is 1090 g/mol. The largest absolute Gasteiger partial charge is 0.461 e. The fraction of sp³-hybridized carbons (Fsp3) is 0.300. The SMILES string of the molecule is CCN1CCN(C(=O)N[C@@H](C(=O)N[C@@H]2C(=O)N3C(C(=O)OC(c4ccccc4)c4ccccc4)=C(COC(C)=O)CS[C@H]23)c2ccc(NC(=O)OCC(NC(=O)OC(C)(C)C)C(=O)OC(c3ccccc3)c3ccccc3)cc2)C(=O)C1=O. The molecule has 2 fully saturated rings. The van der Waals surface area contributed by atoms with E-state index in [0.717, 1.165) is 0 Å². The Balaban J connectivity index is 0.996. The molecule has 1 unspecified atom stereocenters. The Morgan fingerprint density at radius 1 is 0.651 bits per heavy atom. The molecule has 3 aliphatic rings. The van der Waals surface area contributed by atoms with Crippen LogP contribution in [0.25, 0.3) is 0 Å². The number of likely N-dealkylation sites (N-methyl/N-ethyl adjacent to an activating group) is 1. The zero-order chi connectivity index (χ0) is 59.4. The molecule has 0 aromatic heterocycles. The number of fused-ring (bicyclic) bond motifs is 1. The molecule has 5 aromatic rings. The van der Waals surface area contributed by atoms with Gasteiger partial charge in [-0.15, -0.1) is 11.8 Å². The number of rotatable bonds is 19. The van der Waals surface area contributed by atoms with Crippen molar-refractivity contribution in [3.8, 4) is 0 Å². The fourth-order valence-corrected chi connectivity index (χ4v) is 10.4. The highest BCUT2D eigenvalue weighted by Crippen LogP contribution is 2.42. The Bertz CT molecular complexity index is 3180. The van der Waals surface area contributed by atoms with Gasteiger partial charge >= 0.3 is 47.9 Å². The molecule has 0 aliphatic carbocycles. The van der Waals surface area contributed by atoms with Gasteiger partial charge in [0.25, 0.3) is 5.91 Å². The average Bonchev–Trinajstić information content (AvgIpc) is 1.83. The van der Waals surface area contributed by atoms with E-state index in [4.69, 9.17) is 23.7 Å². The Morgan fingerprint density at radius 3 is 1.71 bits per heavy atom. The van der Waals surface area contributed by atoms with Crippen molar-refractivity contribution in [2.75, 3.05) is 43.9 Å². The number of carbonyl (C=O) groups is 10. The van der Waals surface area contributed by atoms with Crippen molar-refractivity contribution in [2.24, 2.45) is 0 Å². The predicted octanol–water partition coefficient (Wildman–Crippen LogP) is 6.45. The van der Waals surface area contributed by atoms with E-state index < -0.39 is 108 Å². The minimum atomic E-state index is -1.65. The zero-order valence-corrected chi connectivity index (χ0v) is 46.8. The van der Waals surface area contributed by atoms with Gasteiger partial charge in [0.2, 0.25) is 5.91 Å². The third-order valence-electron chi connectivity index (χ3n) is 13.2. The van der Waals surface area contributed by atoms with Crippen molar-refractivity contribution in [1.82, 2.24) is 30.7 Å². The van der Waals surface area contributed by atoms with Crippen LogP contribution in [0.3, 0.4) is 0 Å². The summed E-state index contributed by atoms with van der Waals surface area (Å²) in [7, 11) is 0. The van der Waals surface area contributed by atoms with Gasteiger partial charge in [-0.1, -0.05) is 133 Å². The number of nitrogens with one attached hydrogen (secondary N) is 4. The maximum absolute atomic E-state index is 14.6. The number of piperazine rings is 1. The minimum absolute atomic E-state index is 0.0310. The first kappa shape index (κ1) is 59.6. The number of urea groups is 1. The number of amides is 8. The number of nitrogens with zero attached hydrogens (tertiary/aromatic N) is 3. The van der Waals surface area contributed by atoms with Crippen molar-refractivity contribution in [3.05, 3.63) is 185 Å². The number of benzene rings is 5. The maximum atomic E-state index is 14.6. The van der Waals surface area contributed by atoms with E-state index in [0.29, 0.717) is 27.2 Å². The molecule has 4 N–H and O–H groups in total. The van der Waals surface area contributed by atoms with Crippen molar-refractivity contribution in [3.63, 3.8) is 0 Å². The molecule has 0 spiro atoms. The van der Waals surface area contributed by atoms with Gasteiger partial charge in [0.15, 0.2) is 18.2 Å². The van der Waals surface area contributed by atoms with Gasteiger partial charge in [-0.25, -0.2) is 24.0 Å². The number of alkyl carbamates (subject to hydrolysis) is 1. The number of esters is 3. The number of ether oxygens (including phenoxy) is 5. The van der Waals surface area contributed by atoms with Crippen LogP contribution in [0.2, 0.25) is 0 Å². The van der Waals surface area contributed by atoms with Gasteiger partial charge in [-0.3, -0.25) is 39.1 Å². The number of imide groups is 1. The summed E-state index contributed by atoms with van der Waals surface area (Å²) in [5.74, 6) is -6.12. The minimum Gasteiger partial charge on any atom is -0.461 e. The van der Waals surface area contributed by atoms with E-state index in [1.165, 1.54) is 52.8 Å². The summed E-state index contributed by atoms with van der Waals surface area (Å²) in [6, 6.07) is 35.5. The van der Waals surface area contributed by atoms with Crippen LogP contribution in [0.15, 0.2) is 157 Å². The highest BCUT2D eigenvalue weighted by atomic mass is 32.2. The summed E-state index contributed by atoms with van der Waals surface area (Å²) in [4.78, 5) is 139. The third-order valence-corrected chi connectivity index (χ3v) is 14.5. The highest BCUT2D eigenvalue weighted by molar-refractivity contribution is 8.00. The molecule has 8 rings (SSSR count). The molecule has 0 bridgehead atoms. The Labute approximate surface area is 482 Å². The Hall–Kier alpha value is -9.51. The number of anilines is 1. The van der Waals surface area contributed by atoms with Crippen LogP contribution in [0, 0.1) is 0 Å². The van der Waals surface area contributed by atoms with E-state index in [9.17, 15) is 47.9 Å². The molecular formula is C60H61N7O15S. The van der Waals surface area contributed by atoms with Crippen molar-refractivity contribution in [2.45, 2.75) is 75.9 Å². The smallest absolute Gasteiger partial charge is 0.411 e. The number of β-lactam (4-membered cyclic amide) rings is 1. The van der Waals surface area contributed by atoms with Gasteiger partial charge in [-0.2, -0.15) is 0 Å². The quantitative estimate of drug-likeness (QED) is 0.0299. The number of hydrogen-bond acceptors (Lipinski definition) is 16. The summed E-state index contributed by atoms with van der Waals surface area (Å²) in [6.45, 7) is 6.76. The number of carbonyl (C=O) groups excluding carboxylic acids is 10. The monoisotopic (exact) mass is 1150 g/mol. The van der Waals surface area contributed by atoms with Crippen LogP contribution in [0.5, 0.6) is 0 Å². The number of thioether (sulfide) groups is 1. The molecule has 432 valence electrons. The Kier molecular flexibility index (Phi) is 19.3. The van der Waals surface area contributed by atoms with Gasteiger partial charge in [0, 0.05) is 43.6 Å². The van der Waals surface area contributed by atoms with E-state index >= 15 is 0 Å². The van der Waals surface area contributed by atoms with Gasteiger partial charge in [0.05, 0.1) is 0 Å². The first-order chi connectivity index (χ1) is 39.8. The first-order valence-corrected chi connectivity index (χ1v) is 27.5. The average molecular weight is 1150 g/mol. The van der Waals surface area contributed by atoms with Gasteiger partial charge in [0.1, 0.15) is 42.0 Å². The van der Waals surface area contributed by atoms with Crippen LogP contribution >= 0.6 is 11.8 Å². The molecule has 3 aliphatic heterocycles. The number of hydrogen-bond donors (Lipinski definition) is 4. The Morgan fingerprint density at radius 2 is 1.19 bits per heavy atom. The normalized spacial score (nSPS) is 16.6. The van der Waals surface area contributed by atoms with Crippen LogP contribution in [-0.2, 0) is 57.2 Å². The van der Waals surface area contributed by atoms with E-state index in [1.54, 1.807) is 137 Å². The standard InChI is InChI=1S/C60H61N7O15S/c1-6-65-31-32-66(53(72)52(65)71)57(75)64-45(50(69)63-46-51(70)67-47(42(33-78-36(2)68)35-83-54(46)67)56(74)81-49(40-23-15-9-16-24-40)41-25-17-10-18-26-41)37-27-29-43(30-28-37)61-58(76)79-34-44(62-59(77)82-60(3,4)5)55(73)80-48(38-19-11-7-12-20-38)39-21-13-8-14-22-39/h7-30,44-46,48-49,54H,6,31-35H2,1-5H3,(H,61,76)(H,62,77)(H,63,69)(H,64,75)/t44?,45-,46-,54-/m1/s1. The van der Waals surface area contributed by atoms with Crippen molar-refractivity contribution >= 4 is 77.2 Å². The van der Waals surface area contributed by atoms with Gasteiger partial charge in [-0.05, 0) is 67.6 Å². The molecule has 3 heterocycles. The summed E-state index contributed by atoms with van der Waals surface area (Å²) < 4.78 is 28.3. The highest BCUT2D eigenvalue weighted by Gasteiger charge is 2.55. The third kappa shape index (κ3) is 14.9. The summed E-state index contributed by atoms with van der Waals surface area (Å²) >= 11 is 1.17. The molecule has 83 heavy (non-hydrogen) atoms. The lowest BCUT2D eigenvalue weighted by Gasteiger charge is -2.50. The molecule has 5 aromatic carbocycles. The lowest BCUT2D eigenvalue weighted by atomic mass is 10.00. The molecule has 4 atom stereocenters. The predicted molar refractivity (Wildman–Crippen MR) is 300 cm³/mol. The second-order valence-corrected chi connectivity index (χ2v) is 21.2. The van der Waals surface area contributed by atoms with E-state index in [-0.39, 0.29) is 54.5 Å². The zero-order valence-electron chi connectivity index (χ0n) is 45.9. The summed E-state index contributed by atoms with van der Waals surface area (Å²) in [5.41, 5.74) is 1.87. The van der Waals surface area contributed by atoms with Crippen LogP contribution in [0.1, 0.15) is 80.7 Å². The van der Waals surface area contributed by atoms with Gasteiger partial charge < -0.3 is 44.5 Å². The molecule has 2 saturated heterocycles. The second-order valence-electron chi connectivity index (χ2n) is 20.1. The summed E-state index contributed by atoms with van der Waals surface area (Å²) in [6.07, 6.45) is -3.89. The van der Waals surface area contributed by atoms with Crippen LogP contribution in [0.4, 0.5) is 20.1 Å². The topological polar surface area (TPSA) is 275 Å². The summed E-state index contributed by atoms with van der Waals surface area (Å²) in [5, 5.41) is 9.27. The van der Waals surface area contributed by atoms with Crippen molar-refractivity contribution in [1.29, 1.82) is 0 Å². The molecule has 8 amide bonds. The molecule has 22 nitrogen and oxygen atoms in total.